The molecule has 38 heavy (non-hydrogen) atoms. The highest BCUT2D eigenvalue weighted by molar-refractivity contribution is 7.19. The number of amides is 3. The van der Waals surface area contributed by atoms with Crippen molar-refractivity contribution in [1.29, 1.82) is 0 Å². The summed E-state index contributed by atoms with van der Waals surface area (Å²) in [6.45, 7) is 6.01. The number of carbonyl (C=O) groups is 3. The number of benzene rings is 1. The van der Waals surface area contributed by atoms with Crippen molar-refractivity contribution in [3.05, 3.63) is 58.1 Å². The van der Waals surface area contributed by atoms with Crippen LogP contribution < -0.4 is 16.4 Å². The number of anilines is 1. The molecular formula is C27H32ClN5O4S. The van der Waals surface area contributed by atoms with Crippen molar-refractivity contribution in [3.63, 3.8) is 0 Å². The molecule has 1 saturated heterocycles. The molecule has 0 bridgehead atoms. The number of rotatable bonds is 7. The van der Waals surface area contributed by atoms with E-state index < -0.39 is 23.8 Å². The molecule has 1 fully saturated rings. The zero-order chi connectivity index (χ0) is 27.4. The van der Waals surface area contributed by atoms with Crippen LogP contribution in [-0.4, -0.2) is 52.0 Å². The van der Waals surface area contributed by atoms with Gasteiger partial charge in [0.15, 0.2) is 0 Å². The van der Waals surface area contributed by atoms with Gasteiger partial charge in [-0.1, -0.05) is 23.7 Å². The Morgan fingerprint density at radius 2 is 1.97 bits per heavy atom. The lowest BCUT2D eigenvalue weighted by Gasteiger charge is -2.29. The van der Waals surface area contributed by atoms with Gasteiger partial charge in [-0.2, -0.15) is 0 Å². The Balaban J connectivity index is 1.46. The zero-order valence-corrected chi connectivity index (χ0v) is 23.2. The van der Waals surface area contributed by atoms with E-state index in [4.69, 9.17) is 22.1 Å². The molecule has 1 aromatic carbocycles. The zero-order valence-electron chi connectivity index (χ0n) is 21.6. The number of nitrogens with one attached hydrogen (secondary N) is 2. The molecule has 0 spiro atoms. The SMILES string of the molecule is CC(C)(C)OC(=O)NC(Cc1ccc(Cl)cc1)C(=O)N1CCCC1C(=O)NCc1cc2c(N)nccc2s1. The maximum Gasteiger partial charge on any atom is 0.408 e. The second-order valence-corrected chi connectivity index (χ2v) is 11.9. The number of hydrogen-bond donors (Lipinski definition) is 3. The van der Waals surface area contributed by atoms with Crippen molar-refractivity contribution in [2.75, 3.05) is 12.3 Å². The number of thiophene rings is 1. The molecule has 0 aliphatic carbocycles. The fourth-order valence-electron chi connectivity index (χ4n) is 4.43. The van der Waals surface area contributed by atoms with E-state index in [2.05, 4.69) is 15.6 Å². The van der Waals surface area contributed by atoms with Crippen LogP contribution in [0.4, 0.5) is 10.6 Å². The molecule has 2 aromatic heterocycles. The van der Waals surface area contributed by atoms with Gasteiger partial charge in [-0.05, 0) is 63.4 Å². The van der Waals surface area contributed by atoms with Crippen molar-refractivity contribution in [3.8, 4) is 0 Å². The highest BCUT2D eigenvalue weighted by atomic mass is 35.5. The maximum atomic E-state index is 13.7. The lowest BCUT2D eigenvalue weighted by Crippen LogP contribution is -2.54. The average Bonchev–Trinajstić information content (AvgIpc) is 3.50. The first kappa shape index (κ1) is 27.7. The van der Waals surface area contributed by atoms with E-state index >= 15 is 0 Å². The number of pyridine rings is 1. The second kappa shape index (κ2) is 11.6. The van der Waals surface area contributed by atoms with Crippen LogP contribution in [0.5, 0.6) is 0 Å². The van der Waals surface area contributed by atoms with Crippen molar-refractivity contribution in [1.82, 2.24) is 20.5 Å². The molecule has 1 aliphatic heterocycles. The largest absolute Gasteiger partial charge is 0.444 e. The lowest BCUT2D eigenvalue weighted by atomic mass is 10.0. The highest BCUT2D eigenvalue weighted by Gasteiger charge is 2.38. The van der Waals surface area contributed by atoms with E-state index in [1.54, 1.807) is 56.1 Å². The van der Waals surface area contributed by atoms with Gasteiger partial charge < -0.3 is 26.0 Å². The first-order chi connectivity index (χ1) is 18.0. The number of alkyl carbamates (subject to hydrolysis) is 1. The average molecular weight is 558 g/mol. The summed E-state index contributed by atoms with van der Waals surface area (Å²) >= 11 is 7.55. The smallest absolute Gasteiger partial charge is 0.408 e. The quantitative estimate of drug-likeness (QED) is 0.398. The highest BCUT2D eigenvalue weighted by Crippen LogP contribution is 2.28. The van der Waals surface area contributed by atoms with Crippen LogP contribution in [0.2, 0.25) is 5.02 Å². The van der Waals surface area contributed by atoms with Gasteiger partial charge in [0.05, 0.1) is 6.54 Å². The van der Waals surface area contributed by atoms with E-state index in [0.29, 0.717) is 36.8 Å². The molecular weight excluding hydrogens is 526 g/mol. The fourth-order valence-corrected chi connectivity index (χ4v) is 5.56. The van der Waals surface area contributed by atoms with Crippen LogP contribution >= 0.6 is 22.9 Å². The number of nitrogens with zero attached hydrogens (tertiary/aromatic N) is 2. The molecule has 9 nitrogen and oxygen atoms in total. The minimum Gasteiger partial charge on any atom is -0.444 e. The van der Waals surface area contributed by atoms with Crippen LogP contribution in [-0.2, 0) is 27.3 Å². The number of ether oxygens (including phenoxy) is 1. The summed E-state index contributed by atoms with van der Waals surface area (Å²) in [4.78, 5) is 46.1. The van der Waals surface area contributed by atoms with Crippen molar-refractivity contribution < 1.29 is 19.1 Å². The Hall–Kier alpha value is -3.37. The molecule has 0 radical (unpaired) electrons. The number of fused-ring (bicyclic) bond motifs is 1. The summed E-state index contributed by atoms with van der Waals surface area (Å²) in [6.07, 6.45) is 2.43. The molecule has 3 aromatic rings. The molecule has 2 unspecified atom stereocenters. The summed E-state index contributed by atoms with van der Waals surface area (Å²) in [7, 11) is 0. The van der Waals surface area contributed by atoms with Crippen LogP contribution in [0.1, 0.15) is 44.1 Å². The third-order valence-electron chi connectivity index (χ3n) is 6.14. The third-order valence-corrected chi connectivity index (χ3v) is 7.50. The third kappa shape index (κ3) is 6.93. The van der Waals surface area contributed by atoms with E-state index in [-0.39, 0.29) is 18.2 Å². The second-order valence-electron chi connectivity index (χ2n) is 10.3. The fraction of sp³-hybridized carbons (Fsp3) is 0.407. The van der Waals surface area contributed by atoms with Gasteiger partial charge in [0.2, 0.25) is 11.8 Å². The Morgan fingerprint density at radius 3 is 2.66 bits per heavy atom. The Morgan fingerprint density at radius 1 is 1.24 bits per heavy atom. The molecule has 202 valence electrons. The molecule has 11 heteroatoms. The summed E-state index contributed by atoms with van der Waals surface area (Å²) in [6, 6.07) is 9.35. The molecule has 4 rings (SSSR count). The first-order valence-electron chi connectivity index (χ1n) is 12.5. The van der Waals surface area contributed by atoms with Crippen molar-refractivity contribution in [2.45, 2.75) is 64.3 Å². The molecule has 3 heterocycles. The van der Waals surface area contributed by atoms with Crippen molar-refractivity contribution in [2.24, 2.45) is 0 Å². The summed E-state index contributed by atoms with van der Waals surface area (Å²) < 4.78 is 6.40. The maximum absolute atomic E-state index is 13.7. The summed E-state index contributed by atoms with van der Waals surface area (Å²) in [5.41, 5.74) is 6.06. The van der Waals surface area contributed by atoms with Crippen molar-refractivity contribution >= 4 is 56.7 Å². The van der Waals surface area contributed by atoms with E-state index in [1.165, 1.54) is 11.3 Å². The number of nitrogens with two attached hydrogens (primary N) is 1. The molecule has 1 aliphatic rings. The van der Waals surface area contributed by atoms with Crippen LogP contribution in [0, 0.1) is 0 Å². The molecule has 3 amide bonds. The van der Waals surface area contributed by atoms with Crippen LogP contribution in [0.25, 0.3) is 10.1 Å². The van der Waals surface area contributed by atoms with Gasteiger partial charge in [0.25, 0.3) is 0 Å². The molecule has 0 saturated carbocycles. The van der Waals surface area contributed by atoms with E-state index in [1.807, 2.05) is 12.1 Å². The number of halogens is 1. The topological polar surface area (TPSA) is 127 Å². The van der Waals surface area contributed by atoms with Gasteiger partial charge in [-0.3, -0.25) is 9.59 Å². The van der Waals surface area contributed by atoms with E-state index in [9.17, 15) is 14.4 Å². The Labute approximate surface area is 230 Å². The Bertz CT molecular complexity index is 1320. The van der Waals surface area contributed by atoms with Crippen LogP contribution in [0.15, 0.2) is 42.6 Å². The molecule has 4 N–H and O–H groups in total. The Kier molecular flexibility index (Phi) is 8.42. The summed E-state index contributed by atoms with van der Waals surface area (Å²) in [5.74, 6) is -0.112. The van der Waals surface area contributed by atoms with Gasteiger partial charge in [0, 0.05) is 39.1 Å². The number of likely N-dealkylation sites (tertiary alicyclic amines) is 1. The number of aromatic nitrogens is 1. The minimum atomic E-state index is -0.905. The predicted molar refractivity (Wildman–Crippen MR) is 149 cm³/mol. The number of hydrogen-bond acceptors (Lipinski definition) is 7. The normalized spacial score (nSPS) is 16.3. The first-order valence-corrected chi connectivity index (χ1v) is 13.6. The summed E-state index contributed by atoms with van der Waals surface area (Å²) in [5, 5.41) is 7.11. The number of nitrogen functional groups attached to an aromatic ring is 1. The van der Waals surface area contributed by atoms with Gasteiger partial charge in [-0.15, -0.1) is 11.3 Å². The standard InChI is InChI=1S/C27H32ClN5O4S/c1-27(2,3)37-26(36)32-20(13-16-6-8-17(28)9-7-16)25(35)33-12-4-5-21(33)24(34)31-15-18-14-19-22(38-18)10-11-30-23(19)29/h6-11,14,20-21H,4-5,12-13,15H2,1-3H3,(H2,29,30)(H,31,34)(H,32,36). The van der Waals surface area contributed by atoms with Crippen LogP contribution in [0.3, 0.4) is 0 Å². The van der Waals surface area contributed by atoms with E-state index in [0.717, 1.165) is 20.5 Å². The van der Waals surface area contributed by atoms with Gasteiger partial charge in [0.1, 0.15) is 23.5 Å². The predicted octanol–water partition coefficient (Wildman–Crippen LogP) is 4.28. The lowest BCUT2D eigenvalue weighted by molar-refractivity contribution is -0.140. The van der Waals surface area contributed by atoms with Gasteiger partial charge >= 0.3 is 6.09 Å². The minimum absolute atomic E-state index is 0.233. The molecule has 2 atom stereocenters. The van der Waals surface area contributed by atoms with Gasteiger partial charge in [-0.25, -0.2) is 9.78 Å². The number of carbonyl (C=O) groups excluding carboxylic acids is 3. The monoisotopic (exact) mass is 557 g/mol.